The van der Waals surface area contributed by atoms with Crippen LogP contribution in [0.1, 0.15) is 29.9 Å². The number of imidazole rings is 1. The molecule has 6 nitrogen and oxygen atoms in total. The monoisotopic (exact) mass is 365 g/mol. The van der Waals surface area contributed by atoms with Crippen LogP contribution in [0.2, 0.25) is 0 Å². The summed E-state index contributed by atoms with van der Waals surface area (Å²) < 4.78 is 13.5. The van der Waals surface area contributed by atoms with Crippen LogP contribution in [0.5, 0.6) is 5.75 Å². The number of amides is 1. The van der Waals surface area contributed by atoms with Crippen molar-refractivity contribution < 1.29 is 14.3 Å². The number of aromatic nitrogens is 2. The zero-order valence-electron chi connectivity index (χ0n) is 15.5. The van der Waals surface area contributed by atoms with Crippen molar-refractivity contribution in [2.75, 3.05) is 13.1 Å². The molecule has 6 heteroatoms. The highest BCUT2D eigenvalue weighted by molar-refractivity contribution is 5.94. The lowest BCUT2D eigenvalue weighted by Gasteiger charge is -2.35. The highest BCUT2D eigenvalue weighted by Crippen LogP contribution is 2.19. The Kier molecular flexibility index (Phi) is 4.81. The van der Waals surface area contributed by atoms with Gasteiger partial charge in [-0.05, 0) is 44.2 Å². The second-order valence-corrected chi connectivity index (χ2v) is 6.98. The number of fused-ring (bicyclic) bond motifs is 1. The number of hydrogen-bond acceptors (Lipinski definition) is 4. The zero-order valence-corrected chi connectivity index (χ0v) is 15.5. The maximum atomic E-state index is 12.8. The van der Waals surface area contributed by atoms with Crippen LogP contribution in [0, 0.1) is 0 Å². The van der Waals surface area contributed by atoms with Crippen molar-refractivity contribution >= 4 is 11.6 Å². The third kappa shape index (κ3) is 3.95. The van der Waals surface area contributed by atoms with E-state index in [1.807, 2.05) is 71.9 Å². The molecule has 0 aliphatic carbocycles. The Labute approximate surface area is 158 Å². The fraction of sp³-hybridized carbons (Fsp3) is 0.333. The smallest absolute Gasteiger partial charge is 0.254 e. The van der Waals surface area contributed by atoms with Crippen molar-refractivity contribution in [1.82, 2.24) is 14.3 Å². The molecule has 2 atom stereocenters. The quantitative estimate of drug-likeness (QED) is 0.713. The first-order valence-corrected chi connectivity index (χ1v) is 9.19. The summed E-state index contributed by atoms with van der Waals surface area (Å²) in [6, 6.07) is 13.2. The average molecular weight is 365 g/mol. The van der Waals surface area contributed by atoms with Crippen molar-refractivity contribution in [2.24, 2.45) is 0 Å². The minimum atomic E-state index is 0.00943. The van der Waals surface area contributed by atoms with E-state index in [4.69, 9.17) is 9.47 Å². The van der Waals surface area contributed by atoms with Gasteiger partial charge in [0.25, 0.3) is 5.91 Å². The molecule has 2 aromatic heterocycles. The third-order valence-electron chi connectivity index (χ3n) is 4.59. The zero-order chi connectivity index (χ0) is 18.8. The molecule has 0 spiro atoms. The molecule has 1 saturated heterocycles. The van der Waals surface area contributed by atoms with E-state index in [0.717, 1.165) is 11.3 Å². The van der Waals surface area contributed by atoms with Crippen molar-refractivity contribution in [1.29, 1.82) is 0 Å². The number of rotatable bonds is 4. The van der Waals surface area contributed by atoms with Crippen LogP contribution in [0.3, 0.4) is 0 Å². The lowest BCUT2D eigenvalue weighted by atomic mass is 10.1. The summed E-state index contributed by atoms with van der Waals surface area (Å²) in [6.45, 7) is 5.55. The van der Waals surface area contributed by atoms with Gasteiger partial charge in [-0.15, -0.1) is 0 Å². The predicted octanol–water partition coefficient (Wildman–Crippen LogP) is 3.16. The Bertz CT molecular complexity index is 910. The maximum absolute atomic E-state index is 12.8. The van der Waals surface area contributed by atoms with Gasteiger partial charge in [0, 0.05) is 31.0 Å². The first kappa shape index (κ1) is 17.5. The summed E-state index contributed by atoms with van der Waals surface area (Å²) in [5, 5.41) is 0. The van der Waals surface area contributed by atoms with Crippen LogP contribution in [0.15, 0.2) is 54.9 Å². The summed E-state index contributed by atoms with van der Waals surface area (Å²) in [5.74, 6) is 0.669. The Hall–Kier alpha value is -2.86. The number of morpholine rings is 1. The topological polar surface area (TPSA) is 56.1 Å². The van der Waals surface area contributed by atoms with Gasteiger partial charge in [-0.3, -0.25) is 4.79 Å². The summed E-state index contributed by atoms with van der Waals surface area (Å²) in [4.78, 5) is 19.2. The third-order valence-corrected chi connectivity index (χ3v) is 4.59. The summed E-state index contributed by atoms with van der Waals surface area (Å²) in [6.07, 6.45) is 4.00. The van der Waals surface area contributed by atoms with Gasteiger partial charge in [0.05, 0.1) is 17.9 Å². The number of carbonyl (C=O) groups excluding carboxylic acids is 1. The van der Waals surface area contributed by atoms with E-state index in [9.17, 15) is 4.79 Å². The van der Waals surface area contributed by atoms with Crippen molar-refractivity contribution in [3.8, 4) is 5.75 Å². The number of benzene rings is 1. The first-order chi connectivity index (χ1) is 13.1. The summed E-state index contributed by atoms with van der Waals surface area (Å²) in [7, 11) is 0. The van der Waals surface area contributed by atoms with Crippen LogP contribution >= 0.6 is 0 Å². The van der Waals surface area contributed by atoms with Gasteiger partial charge in [0.15, 0.2) is 0 Å². The number of ether oxygens (including phenoxy) is 2. The molecule has 0 N–H and O–H groups in total. The largest absolute Gasteiger partial charge is 0.487 e. The van der Waals surface area contributed by atoms with Gasteiger partial charge in [0.1, 0.15) is 18.0 Å². The molecule has 1 amide bonds. The van der Waals surface area contributed by atoms with E-state index < -0.39 is 0 Å². The molecule has 2 unspecified atom stereocenters. The second kappa shape index (κ2) is 7.40. The Balaban J connectivity index is 1.44. The molecule has 1 aromatic carbocycles. The van der Waals surface area contributed by atoms with Crippen molar-refractivity contribution in [3.63, 3.8) is 0 Å². The average Bonchev–Trinajstić information content (AvgIpc) is 3.08. The van der Waals surface area contributed by atoms with Gasteiger partial charge in [-0.2, -0.15) is 0 Å². The van der Waals surface area contributed by atoms with Crippen LogP contribution < -0.4 is 4.74 Å². The van der Waals surface area contributed by atoms with E-state index >= 15 is 0 Å². The highest BCUT2D eigenvalue weighted by Gasteiger charge is 2.26. The van der Waals surface area contributed by atoms with Gasteiger partial charge in [0.2, 0.25) is 0 Å². The highest BCUT2D eigenvalue weighted by atomic mass is 16.5. The molecule has 3 heterocycles. The Morgan fingerprint density at radius 3 is 2.78 bits per heavy atom. The summed E-state index contributed by atoms with van der Waals surface area (Å²) >= 11 is 0. The van der Waals surface area contributed by atoms with E-state index in [0.29, 0.717) is 31.0 Å². The minimum absolute atomic E-state index is 0.00943. The van der Waals surface area contributed by atoms with Crippen LogP contribution in [-0.4, -0.2) is 45.5 Å². The molecule has 0 saturated carbocycles. The van der Waals surface area contributed by atoms with E-state index in [-0.39, 0.29) is 18.1 Å². The SMILES string of the molecule is CC1CN(C(=O)c2cccc(OCc3cn4ccccc4n3)c2)CC(C)O1. The maximum Gasteiger partial charge on any atom is 0.254 e. The van der Waals surface area contributed by atoms with Crippen LogP contribution in [-0.2, 0) is 11.3 Å². The van der Waals surface area contributed by atoms with Gasteiger partial charge < -0.3 is 18.8 Å². The van der Waals surface area contributed by atoms with Gasteiger partial charge >= 0.3 is 0 Å². The van der Waals surface area contributed by atoms with Crippen LogP contribution in [0.25, 0.3) is 5.65 Å². The van der Waals surface area contributed by atoms with E-state index in [1.54, 1.807) is 6.07 Å². The molecule has 4 rings (SSSR count). The van der Waals surface area contributed by atoms with Crippen molar-refractivity contribution in [2.45, 2.75) is 32.7 Å². The van der Waals surface area contributed by atoms with Gasteiger partial charge in [-0.25, -0.2) is 4.98 Å². The van der Waals surface area contributed by atoms with Crippen LogP contribution in [0.4, 0.5) is 0 Å². The van der Waals surface area contributed by atoms with E-state index in [2.05, 4.69) is 4.98 Å². The molecule has 3 aromatic rings. The fourth-order valence-electron chi connectivity index (χ4n) is 3.46. The molecular weight excluding hydrogens is 342 g/mol. The van der Waals surface area contributed by atoms with Crippen molar-refractivity contribution in [3.05, 3.63) is 66.1 Å². The standard InChI is InChI=1S/C21H23N3O3/c1-15-11-24(12-16(2)27-15)21(25)17-6-5-7-19(10-17)26-14-18-13-23-9-4-3-8-20(23)22-18/h3-10,13,15-16H,11-12,14H2,1-2H3. The molecule has 140 valence electrons. The molecule has 0 bridgehead atoms. The molecule has 1 aliphatic heterocycles. The number of carbonyl (C=O) groups is 1. The lowest BCUT2D eigenvalue weighted by molar-refractivity contribution is -0.0586. The molecule has 1 aliphatic rings. The lowest BCUT2D eigenvalue weighted by Crippen LogP contribution is -2.48. The number of hydrogen-bond donors (Lipinski definition) is 0. The van der Waals surface area contributed by atoms with E-state index in [1.165, 1.54) is 0 Å². The normalized spacial score (nSPS) is 20.0. The molecule has 0 radical (unpaired) electrons. The number of nitrogens with zero attached hydrogens (tertiary/aromatic N) is 3. The second-order valence-electron chi connectivity index (χ2n) is 6.98. The first-order valence-electron chi connectivity index (χ1n) is 9.19. The molecule has 27 heavy (non-hydrogen) atoms. The van der Waals surface area contributed by atoms with Gasteiger partial charge in [-0.1, -0.05) is 12.1 Å². The minimum Gasteiger partial charge on any atom is -0.487 e. The summed E-state index contributed by atoms with van der Waals surface area (Å²) in [5.41, 5.74) is 2.35. The molecule has 1 fully saturated rings. The predicted molar refractivity (Wildman–Crippen MR) is 102 cm³/mol. The fourth-order valence-corrected chi connectivity index (χ4v) is 3.46. The Morgan fingerprint density at radius 1 is 1.19 bits per heavy atom. The number of pyridine rings is 1. The molecular formula is C21H23N3O3. The Morgan fingerprint density at radius 2 is 2.00 bits per heavy atom.